The summed E-state index contributed by atoms with van der Waals surface area (Å²) in [4.78, 5) is 15.6. The Morgan fingerprint density at radius 3 is 2.43 bits per heavy atom. The van der Waals surface area contributed by atoms with Gasteiger partial charge in [0.15, 0.2) is 0 Å². The standard InChI is InChI=1S/C19H22N2O.ClH/c1-20-14-7-8-15(20)10-16(9-14)21-11-13-6-5-12-3-2-4-17(18(12)13)19(21)22;/h2-4,11,14-16H,5-10H2,1H3;1H. The van der Waals surface area contributed by atoms with Gasteiger partial charge >= 0.3 is 0 Å². The zero-order valence-electron chi connectivity index (χ0n) is 13.5. The number of piperidine rings is 1. The highest BCUT2D eigenvalue weighted by atomic mass is 35.5. The van der Waals surface area contributed by atoms with E-state index in [9.17, 15) is 4.79 Å². The molecule has 3 heterocycles. The molecule has 2 aliphatic heterocycles. The molecule has 3 nitrogen and oxygen atoms in total. The van der Waals surface area contributed by atoms with Crippen LogP contribution in [-0.2, 0) is 12.8 Å². The number of benzene rings is 1. The maximum Gasteiger partial charge on any atom is 0.258 e. The zero-order chi connectivity index (χ0) is 14.8. The Kier molecular flexibility index (Phi) is 3.54. The van der Waals surface area contributed by atoms with Gasteiger partial charge in [-0.2, -0.15) is 0 Å². The van der Waals surface area contributed by atoms with E-state index in [1.165, 1.54) is 29.4 Å². The fourth-order valence-corrected chi connectivity index (χ4v) is 5.14. The summed E-state index contributed by atoms with van der Waals surface area (Å²) in [5, 5.41) is 2.19. The van der Waals surface area contributed by atoms with Crippen molar-refractivity contribution in [2.75, 3.05) is 7.05 Å². The topological polar surface area (TPSA) is 25.2 Å². The summed E-state index contributed by atoms with van der Waals surface area (Å²) in [5.74, 6) is 0. The van der Waals surface area contributed by atoms with Gasteiger partial charge in [-0.3, -0.25) is 4.79 Å². The van der Waals surface area contributed by atoms with Crippen molar-refractivity contribution in [3.63, 3.8) is 0 Å². The van der Waals surface area contributed by atoms with Crippen LogP contribution in [0.15, 0.2) is 29.2 Å². The minimum Gasteiger partial charge on any atom is -0.312 e. The van der Waals surface area contributed by atoms with Gasteiger partial charge in [0.05, 0.1) is 0 Å². The largest absolute Gasteiger partial charge is 0.312 e. The normalized spacial score (nSPS) is 29.0. The molecule has 1 aliphatic carbocycles. The van der Waals surface area contributed by atoms with Gasteiger partial charge < -0.3 is 9.47 Å². The lowest BCUT2D eigenvalue weighted by molar-refractivity contribution is 0.136. The van der Waals surface area contributed by atoms with E-state index in [-0.39, 0.29) is 18.0 Å². The highest BCUT2D eigenvalue weighted by molar-refractivity contribution is 5.89. The summed E-state index contributed by atoms with van der Waals surface area (Å²) in [6.07, 6.45) is 9.25. The molecule has 2 atom stereocenters. The van der Waals surface area contributed by atoms with Crippen molar-refractivity contribution in [1.82, 2.24) is 9.47 Å². The Morgan fingerprint density at radius 2 is 1.70 bits per heavy atom. The molecule has 0 radical (unpaired) electrons. The first-order valence-electron chi connectivity index (χ1n) is 8.60. The molecule has 3 aliphatic rings. The first-order valence-corrected chi connectivity index (χ1v) is 8.60. The quantitative estimate of drug-likeness (QED) is 0.801. The van der Waals surface area contributed by atoms with Gasteiger partial charge in [0.25, 0.3) is 5.56 Å². The van der Waals surface area contributed by atoms with Gasteiger partial charge in [0, 0.05) is 29.7 Å². The van der Waals surface area contributed by atoms with Gasteiger partial charge in [-0.25, -0.2) is 0 Å². The fourth-order valence-electron chi connectivity index (χ4n) is 5.14. The van der Waals surface area contributed by atoms with Crippen molar-refractivity contribution in [1.29, 1.82) is 0 Å². The summed E-state index contributed by atoms with van der Waals surface area (Å²) in [7, 11) is 2.26. The van der Waals surface area contributed by atoms with Crippen LogP contribution in [0.5, 0.6) is 0 Å². The van der Waals surface area contributed by atoms with Gasteiger partial charge in [0.2, 0.25) is 0 Å². The average molecular weight is 331 g/mol. The third-order valence-electron chi connectivity index (χ3n) is 6.36. The molecule has 0 amide bonds. The number of hydrogen-bond donors (Lipinski definition) is 0. The van der Waals surface area contributed by atoms with E-state index in [4.69, 9.17) is 0 Å². The molecule has 0 saturated carbocycles. The first-order chi connectivity index (χ1) is 10.7. The summed E-state index contributed by atoms with van der Waals surface area (Å²) in [5.41, 5.74) is 2.98. The molecular weight excluding hydrogens is 308 g/mol. The van der Waals surface area contributed by atoms with Crippen LogP contribution in [0.25, 0.3) is 10.8 Å². The van der Waals surface area contributed by atoms with E-state index < -0.39 is 0 Å². The van der Waals surface area contributed by atoms with E-state index in [1.807, 2.05) is 6.07 Å². The molecule has 2 unspecified atom stereocenters. The van der Waals surface area contributed by atoms with Crippen LogP contribution in [0.4, 0.5) is 0 Å². The van der Waals surface area contributed by atoms with Gasteiger partial charge in [0.1, 0.15) is 0 Å². The Morgan fingerprint density at radius 1 is 1.00 bits per heavy atom. The van der Waals surface area contributed by atoms with Gasteiger partial charge in [-0.1, -0.05) is 12.1 Å². The van der Waals surface area contributed by atoms with E-state index in [0.29, 0.717) is 18.1 Å². The molecule has 5 rings (SSSR count). The van der Waals surface area contributed by atoms with Crippen LogP contribution < -0.4 is 5.56 Å². The van der Waals surface area contributed by atoms with E-state index >= 15 is 0 Å². The van der Waals surface area contributed by atoms with Crippen molar-refractivity contribution in [2.24, 2.45) is 0 Å². The molecule has 1 aromatic carbocycles. The highest BCUT2D eigenvalue weighted by Gasteiger charge is 2.39. The number of aromatic nitrogens is 1. The predicted molar refractivity (Wildman–Crippen MR) is 95.7 cm³/mol. The molecule has 0 spiro atoms. The summed E-state index contributed by atoms with van der Waals surface area (Å²) >= 11 is 0. The Bertz CT molecular complexity index is 814. The number of pyridine rings is 1. The van der Waals surface area contributed by atoms with Crippen molar-refractivity contribution in [3.8, 4) is 0 Å². The molecular formula is C19H23ClN2O. The minimum atomic E-state index is 0. The molecule has 23 heavy (non-hydrogen) atoms. The second-order valence-corrected chi connectivity index (χ2v) is 7.38. The van der Waals surface area contributed by atoms with Crippen LogP contribution >= 0.6 is 12.4 Å². The number of fused-ring (bicyclic) bond motifs is 2. The molecule has 2 aromatic rings. The van der Waals surface area contributed by atoms with Crippen molar-refractivity contribution < 1.29 is 0 Å². The number of rotatable bonds is 1. The zero-order valence-corrected chi connectivity index (χ0v) is 14.3. The van der Waals surface area contributed by atoms with Crippen LogP contribution in [-0.4, -0.2) is 28.6 Å². The van der Waals surface area contributed by atoms with Crippen molar-refractivity contribution >= 4 is 23.2 Å². The lowest BCUT2D eigenvalue weighted by atomic mass is 9.97. The fraction of sp³-hybridized carbons (Fsp3) is 0.526. The van der Waals surface area contributed by atoms with Gasteiger partial charge in [-0.05, 0) is 68.2 Å². The average Bonchev–Trinajstić information content (AvgIpc) is 3.00. The lowest BCUT2D eigenvalue weighted by Gasteiger charge is -2.37. The van der Waals surface area contributed by atoms with Crippen LogP contribution in [0.3, 0.4) is 0 Å². The monoisotopic (exact) mass is 330 g/mol. The van der Waals surface area contributed by atoms with E-state index in [2.05, 4.69) is 34.8 Å². The summed E-state index contributed by atoms with van der Waals surface area (Å²) in [6.45, 7) is 0. The van der Waals surface area contributed by atoms with Crippen LogP contribution in [0, 0.1) is 0 Å². The third-order valence-corrected chi connectivity index (χ3v) is 6.36. The second kappa shape index (κ2) is 5.35. The van der Waals surface area contributed by atoms with E-state index in [0.717, 1.165) is 31.1 Å². The molecule has 2 fully saturated rings. The summed E-state index contributed by atoms with van der Waals surface area (Å²) < 4.78 is 2.09. The lowest BCUT2D eigenvalue weighted by Crippen LogP contribution is -2.42. The maximum absolute atomic E-state index is 13.0. The molecule has 122 valence electrons. The number of aryl methyl sites for hydroxylation is 2. The second-order valence-electron chi connectivity index (χ2n) is 7.38. The van der Waals surface area contributed by atoms with Crippen LogP contribution in [0.2, 0.25) is 0 Å². The Balaban J connectivity index is 0.00000135. The van der Waals surface area contributed by atoms with Crippen molar-refractivity contribution in [2.45, 2.75) is 56.7 Å². The molecule has 2 saturated heterocycles. The summed E-state index contributed by atoms with van der Waals surface area (Å²) in [6, 6.07) is 7.99. The smallest absolute Gasteiger partial charge is 0.258 e. The number of halogens is 1. The van der Waals surface area contributed by atoms with Crippen LogP contribution in [0.1, 0.15) is 42.9 Å². The Hall–Kier alpha value is -1.32. The van der Waals surface area contributed by atoms with E-state index in [1.54, 1.807) is 0 Å². The first kappa shape index (κ1) is 15.2. The third kappa shape index (κ3) is 2.10. The predicted octanol–water partition coefficient (Wildman–Crippen LogP) is 3.32. The molecule has 0 N–H and O–H groups in total. The molecule has 1 aromatic heterocycles. The molecule has 4 heteroatoms. The number of nitrogens with zero attached hydrogens (tertiary/aromatic N) is 2. The number of hydrogen-bond acceptors (Lipinski definition) is 2. The molecule has 2 bridgehead atoms. The maximum atomic E-state index is 13.0. The van der Waals surface area contributed by atoms with Gasteiger partial charge in [-0.15, -0.1) is 12.4 Å². The Labute approximate surface area is 142 Å². The minimum absolute atomic E-state index is 0. The SMILES string of the molecule is CN1C2CCC1CC(n1cc3c4c(cccc4c1=O)CC3)C2.Cl. The van der Waals surface area contributed by atoms with Crippen molar-refractivity contribution in [3.05, 3.63) is 45.9 Å². The highest BCUT2D eigenvalue weighted by Crippen LogP contribution is 2.40.